The van der Waals surface area contributed by atoms with E-state index >= 15 is 4.39 Å². The molecule has 2 aliphatic heterocycles. The fourth-order valence-electron chi connectivity index (χ4n) is 5.47. The van der Waals surface area contributed by atoms with E-state index in [1.165, 1.54) is 15.9 Å². The van der Waals surface area contributed by atoms with E-state index in [1.54, 1.807) is 6.92 Å². The molecule has 0 bridgehead atoms. The molecule has 2 fully saturated rings. The van der Waals surface area contributed by atoms with Gasteiger partial charge in [0, 0.05) is 24.4 Å². The summed E-state index contributed by atoms with van der Waals surface area (Å²) in [5, 5.41) is 12.6. The van der Waals surface area contributed by atoms with E-state index in [1.807, 2.05) is 0 Å². The lowest BCUT2D eigenvalue weighted by atomic mass is 9.99. The molecule has 9 nitrogen and oxygen atoms in total. The van der Waals surface area contributed by atoms with Gasteiger partial charge in [0.15, 0.2) is 5.82 Å². The summed E-state index contributed by atoms with van der Waals surface area (Å²) in [6, 6.07) is 1.17. The molecule has 1 saturated carbocycles. The number of fused-ring (bicyclic) bond motifs is 5. The smallest absolute Gasteiger partial charge is 0.278 e. The van der Waals surface area contributed by atoms with Crippen molar-refractivity contribution in [3.63, 3.8) is 0 Å². The fourth-order valence-corrected chi connectivity index (χ4v) is 5.47. The summed E-state index contributed by atoms with van der Waals surface area (Å²) < 4.78 is 59.5. The Kier molecular flexibility index (Phi) is 5.29. The highest BCUT2D eigenvalue weighted by Crippen LogP contribution is 2.54. The van der Waals surface area contributed by atoms with Gasteiger partial charge in [-0.3, -0.25) is 19.0 Å². The number of aromatic nitrogens is 2. The number of benzene rings is 1. The summed E-state index contributed by atoms with van der Waals surface area (Å²) in [6.07, 6.45) is 0.430. The third-order valence-corrected chi connectivity index (χ3v) is 7.48. The van der Waals surface area contributed by atoms with Crippen molar-refractivity contribution in [2.45, 2.75) is 37.4 Å². The van der Waals surface area contributed by atoms with Crippen molar-refractivity contribution in [3.05, 3.63) is 58.9 Å². The van der Waals surface area contributed by atoms with Crippen molar-refractivity contribution in [1.82, 2.24) is 14.5 Å². The largest absolute Gasteiger partial charge is 0.507 e. The molecule has 202 valence electrons. The van der Waals surface area contributed by atoms with Gasteiger partial charge in [0.05, 0.1) is 17.8 Å². The lowest BCUT2D eigenvalue weighted by Gasteiger charge is -2.48. The predicted octanol–water partition coefficient (Wildman–Crippen LogP) is 3.17. The number of carbonyl (C=O) groups is 2. The first-order valence-electron chi connectivity index (χ1n) is 12.1. The fraction of sp³-hybridized carbons (Fsp3) is 0.308. The Hall–Kier alpha value is -4.42. The summed E-state index contributed by atoms with van der Waals surface area (Å²) in [4.78, 5) is 46.2. The van der Waals surface area contributed by atoms with Gasteiger partial charge in [-0.15, -0.1) is 0 Å². The Morgan fingerprint density at radius 2 is 1.95 bits per heavy atom. The van der Waals surface area contributed by atoms with Crippen LogP contribution in [0.2, 0.25) is 0 Å². The number of piperazine rings is 1. The molecule has 1 aromatic carbocycles. The van der Waals surface area contributed by atoms with Crippen molar-refractivity contribution in [2.75, 3.05) is 23.3 Å². The molecule has 1 unspecified atom stereocenters. The molecular weight excluding hydrogens is 522 g/mol. The highest BCUT2D eigenvalue weighted by atomic mass is 19.3. The second kappa shape index (κ2) is 8.29. The van der Waals surface area contributed by atoms with E-state index in [0.29, 0.717) is 4.57 Å². The number of rotatable bonds is 3. The molecule has 3 aliphatic rings. The summed E-state index contributed by atoms with van der Waals surface area (Å²) >= 11 is 0. The maximum absolute atomic E-state index is 15.6. The van der Waals surface area contributed by atoms with Gasteiger partial charge >= 0.3 is 0 Å². The van der Waals surface area contributed by atoms with Gasteiger partial charge < -0.3 is 20.2 Å². The van der Waals surface area contributed by atoms with Crippen LogP contribution in [0, 0.1) is 11.6 Å². The average molecular weight is 543 g/mol. The van der Waals surface area contributed by atoms with Crippen molar-refractivity contribution in [2.24, 2.45) is 0 Å². The van der Waals surface area contributed by atoms with Crippen LogP contribution in [0.15, 0.2) is 41.7 Å². The SMILES string of the molecule is C=CC(=O)N1C[C@@H]2C(=O)Nc3c(c4cc(F)c(-c5c(O)cccc5F)nc4n(C4CC4(F)F)c3=O)N2C[C@H]1C. The minimum Gasteiger partial charge on any atom is -0.507 e. The summed E-state index contributed by atoms with van der Waals surface area (Å²) in [5.41, 5.74) is -2.84. The lowest BCUT2D eigenvalue weighted by molar-refractivity contribution is -0.130. The predicted molar refractivity (Wildman–Crippen MR) is 133 cm³/mol. The number of halogens is 4. The number of anilines is 2. The molecule has 1 saturated heterocycles. The minimum atomic E-state index is -3.26. The molecule has 4 heterocycles. The normalized spacial score (nSPS) is 23.2. The third kappa shape index (κ3) is 3.59. The first-order valence-corrected chi connectivity index (χ1v) is 12.1. The second-order valence-electron chi connectivity index (χ2n) is 9.90. The van der Waals surface area contributed by atoms with Crippen molar-refractivity contribution in [3.8, 4) is 17.0 Å². The van der Waals surface area contributed by atoms with Crippen molar-refractivity contribution < 1.29 is 32.3 Å². The number of phenols is 1. The second-order valence-corrected chi connectivity index (χ2v) is 9.90. The van der Waals surface area contributed by atoms with Gasteiger partial charge in [-0.1, -0.05) is 12.6 Å². The molecule has 39 heavy (non-hydrogen) atoms. The number of nitrogens with zero attached hydrogens (tertiary/aromatic N) is 4. The number of aromatic hydroxyl groups is 1. The van der Waals surface area contributed by atoms with Crippen molar-refractivity contribution in [1.29, 1.82) is 0 Å². The van der Waals surface area contributed by atoms with E-state index in [-0.39, 0.29) is 35.5 Å². The maximum Gasteiger partial charge on any atom is 0.278 e. The highest BCUT2D eigenvalue weighted by Gasteiger charge is 2.60. The zero-order valence-electron chi connectivity index (χ0n) is 20.4. The number of amides is 2. The van der Waals surface area contributed by atoms with Crippen LogP contribution in [-0.2, 0) is 9.59 Å². The summed E-state index contributed by atoms with van der Waals surface area (Å²) in [6.45, 7) is 5.18. The van der Waals surface area contributed by atoms with Crippen LogP contribution >= 0.6 is 0 Å². The van der Waals surface area contributed by atoms with Crippen LogP contribution in [-0.4, -0.2) is 62.5 Å². The topological polar surface area (TPSA) is 108 Å². The van der Waals surface area contributed by atoms with Crippen LogP contribution < -0.4 is 15.8 Å². The summed E-state index contributed by atoms with van der Waals surface area (Å²) in [7, 11) is 0. The number of hydrogen-bond donors (Lipinski definition) is 2. The standard InChI is InChI=1S/C26H21F4N5O4/c1-3-18(37)33-10-15-24(38)32-21-22(34(15)9-11(33)2)12-7-14(28)20(19-13(27)5-4-6-16(19)36)31-23(12)35(25(21)39)17-8-26(17,29)30/h3-7,11,15,17,36H,1,8-10H2,2H3,(H,32,38)/t11-,15-,17?/m1/s1. The quantitative estimate of drug-likeness (QED) is 0.388. The van der Waals surface area contributed by atoms with Gasteiger partial charge in [0.25, 0.3) is 11.5 Å². The molecule has 0 radical (unpaired) electrons. The molecule has 0 spiro atoms. The number of carbonyl (C=O) groups excluding carboxylic acids is 2. The van der Waals surface area contributed by atoms with Gasteiger partial charge in [0.1, 0.15) is 40.7 Å². The Balaban J connectivity index is 1.63. The van der Waals surface area contributed by atoms with Crippen LogP contribution in [0.4, 0.5) is 28.9 Å². The molecule has 2 N–H and O–H groups in total. The van der Waals surface area contributed by atoms with Gasteiger partial charge in [0.2, 0.25) is 11.8 Å². The monoisotopic (exact) mass is 543 g/mol. The Morgan fingerprint density at radius 3 is 2.59 bits per heavy atom. The Labute approximate surface area is 218 Å². The number of phenolic OH excluding ortho intramolecular Hbond substituents is 1. The van der Waals surface area contributed by atoms with Crippen LogP contribution in [0.25, 0.3) is 22.3 Å². The van der Waals surface area contributed by atoms with E-state index < -0.39 is 76.5 Å². The van der Waals surface area contributed by atoms with E-state index in [2.05, 4.69) is 16.9 Å². The molecule has 2 aromatic heterocycles. The molecule has 3 aromatic rings. The zero-order chi connectivity index (χ0) is 28.0. The van der Waals surface area contributed by atoms with E-state index in [9.17, 15) is 32.7 Å². The molecule has 2 amide bonds. The van der Waals surface area contributed by atoms with Crippen LogP contribution in [0.5, 0.6) is 5.75 Å². The molecule has 3 atom stereocenters. The van der Waals surface area contributed by atoms with Gasteiger partial charge in [-0.05, 0) is 31.2 Å². The lowest BCUT2D eigenvalue weighted by Crippen LogP contribution is -2.64. The summed E-state index contributed by atoms with van der Waals surface area (Å²) in [5.74, 6) is -7.02. The molecule has 6 rings (SSSR count). The highest BCUT2D eigenvalue weighted by molar-refractivity contribution is 6.10. The number of hydrogen-bond acceptors (Lipinski definition) is 6. The number of nitrogens with one attached hydrogen (secondary N) is 1. The van der Waals surface area contributed by atoms with Crippen LogP contribution in [0.1, 0.15) is 19.4 Å². The Bertz CT molecular complexity index is 1650. The number of pyridine rings is 2. The van der Waals surface area contributed by atoms with Gasteiger partial charge in [-0.2, -0.15) is 0 Å². The average Bonchev–Trinajstić information content (AvgIpc) is 3.51. The van der Waals surface area contributed by atoms with Crippen molar-refractivity contribution >= 4 is 34.2 Å². The van der Waals surface area contributed by atoms with E-state index in [4.69, 9.17) is 0 Å². The van der Waals surface area contributed by atoms with Gasteiger partial charge in [-0.25, -0.2) is 22.5 Å². The minimum absolute atomic E-state index is 0.0558. The first-order chi connectivity index (χ1) is 18.4. The molecule has 1 aliphatic carbocycles. The number of alkyl halides is 2. The van der Waals surface area contributed by atoms with Crippen LogP contribution in [0.3, 0.4) is 0 Å². The van der Waals surface area contributed by atoms with E-state index in [0.717, 1.165) is 24.3 Å². The Morgan fingerprint density at radius 1 is 1.23 bits per heavy atom. The zero-order valence-corrected chi connectivity index (χ0v) is 20.4. The molecular formula is C26H21F4N5O4. The molecule has 13 heteroatoms. The first kappa shape index (κ1) is 24.9. The maximum atomic E-state index is 15.6. The third-order valence-electron chi connectivity index (χ3n) is 7.48.